The van der Waals surface area contributed by atoms with Crippen molar-refractivity contribution < 1.29 is 14.3 Å². The zero-order chi connectivity index (χ0) is 18.2. The summed E-state index contributed by atoms with van der Waals surface area (Å²) in [5.41, 5.74) is 1.59. The first-order valence-corrected chi connectivity index (χ1v) is 8.56. The summed E-state index contributed by atoms with van der Waals surface area (Å²) in [4.78, 5) is 25.1. The normalized spacial score (nSPS) is 10.4. The van der Waals surface area contributed by atoms with Crippen molar-refractivity contribution in [1.82, 2.24) is 4.90 Å². The van der Waals surface area contributed by atoms with E-state index in [0.717, 1.165) is 5.56 Å². The number of amides is 1. The van der Waals surface area contributed by atoms with Crippen molar-refractivity contribution in [3.8, 4) is 5.75 Å². The molecule has 0 radical (unpaired) electrons. The van der Waals surface area contributed by atoms with Gasteiger partial charge in [0.1, 0.15) is 5.75 Å². The van der Waals surface area contributed by atoms with Gasteiger partial charge in [0.05, 0.1) is 6.61 Å². The second kappa shape index (κ2) is 9.23. The fourth-order valence-corrected chi connectivity index (χ4v) is 2.56. The Kier molecular flexibility index (Phi) is 7.02. The Morgan fingerprint density at radius 2 is 1.76 bits per heavy atom. The SMILES string of the molecule is CC(=O)c1ccc(OCCCC(=O)N(C)Cc2ccccc2Cl)cc1. The van der Waals surface area contributed by atoms with E-state index in [4.69, 9.17) is 16.3 Å². The van der Waals surface area contributed by atoms with Crippen molar-refractivity contribution in [3.05, 3.63) is 64.7 Å². The van der Waals surface area contributed by atoms with Crippen LogP contribution in [0.3, 0.4) is 0 Å². The third-order valence-electron chi connectivity index (χ3n) is 3.86. The molecular formula is C20H22ClNO3. The first kappa shape index (κ1) is 19.0. The van der Waals surface area contributed by atoms with Gasteiger partial charge in [-0.05, 0) is 49.2 Å². The third kappa shape index (κ3) is 5.91. The molecule has 1 amide bonds. The molecule has 5 heteroatoms. The van der Waals surface area contributed by atoms with Crippen LogP contribution in [0.5, 0.6) is 5.75 Å². The standard InChI is InChI=1S/C20H22ClNO3/c1-15(23)16-9-11-18(12-10-16)25-13-5-8-20(24)22(2)14-17-6-3-4-7-19(17)21/h3-4,6-7,9-12H,5,8,13-14H2,1-2H3. The van der Waals surface area contributed by atoms with E-state index >= 15 is 0 Å². The van der Waals surface area contributed by atoms with Gasteiger partial charge < -0.3 is 9.64 Å². The second-order valence-electron chi connectivity index (χ2n) is 5.87. The van der Waals surface area contributed by atoms with Crippen LogP contribution in [0.15, 0.2) is 48.5 Å². The van der Waals surface area contributed by atoms with Gasteiger partial charge in [-0.25, -0.2) is 0 Å². The first-order chi connectivity index (χ1) is 12.0. The molecule has 0 aliphatic heterocycles. The van der Waals surface area contributed by atoms with E-state index < -0.39 is 0 Å². The van der Waals surface area contributed by atoms with Crippen molar-refractivity contribution in [2.45, 2.75) is 26.3 Å². The molecule has 0 saturated carbocycles. The molecule has 0 aliphatic carbocycles. The van der Waals surface area contributed by atoms with Crippen LogP contribution >= 0.6 is 11.6 Å². The number of ketones is 1. The van der Waals surface area contributed by atoms with Gasteiger partial charge in [0.25, 0.3) is 0 Å². The first-order valence-electron chi connectivity index (χ1n) is 8.18. The highest BCUT2D eigenvalue weighted by Crippen LogP contribution is 2.17. The molecular weight excluding hydrogens is 338 g/mol. The molecule has 0 bridgehead atoms. The number of ether oxygens (including phenoxy) is 1. The quantitative estimate of drug-likeness (QED) is 0.519. The molecule has 132 valence electrons. The Bertz CT molecular complexity index is 728. The van der Waals surface area contributed by atoms with Gasteiger partial charge in [-0.3, -0.25) is 9.59 Å². The van der Waals surface area contributed by atoms with Crippen LogP contribution in [-0.4, -0.2) is 30.2 Å². The molecule has 2 aromatic rings. The number of carbonyl (C=O) groups is 2. The Morgan fingerprint density at radius 3 is 2.40 bits per heavy atom. The summed E-state index contributed by atoms with van der Waals surface area (Å²) in [6.07, 6.45) is 1.03. The summed E-state index contributed by atoms with van der Waals surface area (Å²) < 4.78 is 5.61. The molecule has 25 heavy (non-hydrogen) atoms. The van der Waals surface area contributed by atoms with E-state index in [9.17, 15) is 9.59 Å². The topological polar surface area (TPSA) is 46.6 Å². The van der Waals surface area contributed by atoms with E-state index in [1.165, 1.54) is 6.92 Å². The van der Waals surface area contributed by atoms with Crippen LogP contribution in [-0.2, 0) is 11.3 Å². The molecule has 0 saturated heterocycles. The number of hydrogen-bond acceptors (Lipinski definition) is 3. The van der Waals surface area contributed by atoms with Gasteiger partial charge in [-0.2, -0.15) is 0 Å². The monoisotopic (exact) mass is 359 g/mol. The fraction of sp³-hybridized carbons (Fsp3) is 0.300. The average Bonchev–Trinajstić information content (AvgIpc) is 2.60. The summed E-state index contributed by atoms with van der Waals surface area (Å²) in [7, 11) is 1.77. The fourth-order valence-electron chi connectivity index (χ4n) is 2.36. The lowest BCUT2D eigenvalue weighted by Crippen LogP contribution is -2.26. The molecule has 0 aromatic heterocycles. The number of halogens is 1. The summed E-state index contributed by atoms with van der Waals surface area (Å²) in [5, 5.41) is 0.666. The molecule has 0 spiro atoms. The van der Waals surface area contributed by atoms with E-state index in [-0.39, 0.29) is 11.7 Å². The summed E-state index contributed by atoms with van der Waals surface area (Å²) >= 11 is 6.12. The summed E-state index contributed by atoms with van der Waals surface area (Å²) in [6.45, 7) is 2.47. The van der Waals surface area contributed by atoms with Crippen LogP contribution in [0.25, 0.3) is 0 Å². The molecule has 0 unspecified atom stereocenters. The van der Waals surface area contributed by atoms with E-state index in [2.05, 4.69) is 0 Å². The van der Waals surface area contributed by atoms with Gasteiger partial charge in [-0.15, -0.1) is 0 Å². The maximum atomic E-state index is 12.2. The zero-order valence-corrected chi connectivity index (χ0v) is 15.3. The minimum absolute atomic E-state index is 0.0266. The predicted octanol–water partition coefficient (Wildman–Crippen LogP) is 4.36. The van der Waals surface area contributed by atoms with Gasteiger partial charge in [-0.1, -0.05) is 29.8 Å². The lowest BCUT2D eigenvalue weighted by Gasteiger charge is -2.18. The van der Waals surface area contributed by atoms with E-state index in [1.54, 1.807) is 36.2 Å². The number of rotatable bonds is 8. The second-order valence-corrected chi connectivity index (χ2v) is 6.28. The average molecular weight is 360 g/mol. The van der Waals surface area contributed by atoms with Gasteiger partial charge in [0.15, 0.2) is 5.78 Å². The van der Waals surface area contributed by atoms with E-state index in [0.29, 0.717) is 42.3 Å². The van der Waals surface area contributed by atoms with Crippen LogP contribution in [0.1, 0.15) is 35.7 Å². The lowest BCUT2D eigenvalue weighted by molar-refractivity contribution is -0.130. The van der Waals surface area contributed by atoms with Crippen molar-refractivity contribution in [3.63, 3.8) is 0 Å². The number of carbonyl (C=O) groups excluding carboxylic acids is 2. The van der Waals surface area contributed by atoms with Gasteiger partial charge in [0, 0.05) is 30.6 Å². The van der Waals surface area contributed by atoms with Crippen LogP contribution < -0.4 is 4.74 Å². The molecule has 0 atom stereocenters. The highest BCUT2D eigenvalue weighted by molar-refractivity contribution is 6.31. The summed E-state index contributed by atoms with van der Waals surface area (Å²) in [6, 6.07) is 14.5. The molecule has 0 heterocycles. The maximum absolute atomic E-state index is 12.2. The number of benzene rings is 2. The summed E-state index contributed by atoms with van der Waals surface area (Å²) in [5.74, 6) is 0.774. The Labute approximate surface area is 153 Å². The molecule has 2 aromatic carbocycles. The minimum Gasteiger partial charge on any atom is -0.494 e. The van der Waals surface area contributed by atoms with Crippen molar-refractivity contribution >= 4 is 23.3 Å². The highest BCUT2D eigenvalue weighted by atomic mass is 35.5. The molecule has 0 fully saturated rings. The highest BCUT2D eigenvalue weighted by Gasteiger charge is 2.10. The number of nitrogens with zero attached hydrogens (tertiary/aromatic N) is 1. The lowest BCUT2D eigenvalue weighted by atomic mass is 10.1. The molecule has 2 rings (SSSR count). The Hall–Kier alpha value is -2.33. The number of Topliss-reactive ketones (excluding diaryl/α,β-unsaturated/α-hetero) is 1. The zero-order valence-electron chi connectivity index (χ0n) is 14.5. The number of hydrogen-bond donors (Lipinski definition) is 0. The van der Waals surface area contributed by atoms with Crippen LogP contribution in [0.4, 0.5) is 0 Å². The minimum atomic E-state index is 0.0266. The smallest absolute Gasteiger partial charge is 0.222 e. The van der Waals surface area contributed by atoms with Crippen LogP contribution in [0.2, 0.25) is 5.02 Å². The van der Waals surface area contributed by atoms with Crippen molar-refractivity contribution in [1.29, 1.82) is 0 Å². The molecule has 4 nitrogen and oxygen atoms in total. The molecule has 0 N–H and O–H groups in total. The van der Waals surface area contributed by atoms with Crippen molar-refractivity contribution in [2.24, 2.45) is 0 Å². The molecule has 0 aliphatic rings. The van der Waals surface area contributed by atoms with E-state index in [1.807, 2.05) is 24.3 Å². The van der Waals surface area contributed by atoms with Crippen LogP contribution in [0, 0.1) is 0 Å². The van der Waals surface area contributed by atoms with Gasteiger partial charge >= 0.3 is 0 Å². The maximum Gasteiger partial charge on any atom is 0.222 e. The largest absolute Gasteiger partial charge is 0.494 e. The van der Waals surface area contributed by atoms with Crippen molar-refractivity contribution in [2.75, 3.05) is 13.7 Å². The Morgan fingerprint density at radius 1 is 1.08 bits per heavy atom. The van der Waals surface area contributed by atoms with Gasteiger partial charge in [0.2, 0.25) is 5.91 Å². The Balaban J connectivity index is 1.72. The third-order valence-corrected chi connectivity index (χ3v) is 4.22. The predicted molar refractivity (Wildman–Crippen MR) is 99.1 cm³/mol.